The van der Waals surface area contributed by atoms with Gasteiger partial charge in [0.25, 0.3) is 10.0 Å². The van der Waals surface area contributed by atoms with Gasteiger partial charge in [-0.2, -0.15) is 8.42 Å². The number of H-pyrrole nitrogens is 1. The van der Waals surface area contributed by atoms with Gasteiger partial charge in [0, 0.05) is 12.6 Å². The molecule has 2 aromatic rings. The van der Waals surface area contributed by atoms with Crippen molar-refractivity contribution >= 4 is 21.7 Å². The molecular formula is C11H12N4O4S. The zero-order valence-corrected chi connectivity index (χ0v) is 11.3. The molecule has 0 unspecified atom stereocenters. The minimum Gasteiger partial charge on any atom is -0.478 e. The highest BCUT2D eigenvalue weighted by Gasteiger charge is 2.18. The molecule has 106 valence electrons. The normalized spacial score (nSPS) is 11.2. The lowest BCUT2D eigenvalue weighted by atomic mass is 10.3. The average molecular weight is 296 g/mol. The first-order valence-corrected chi connectivity index (χ1v) is 7.15. The number of imidazole rings is 1. The SMILES string of the molecule is CCc1ncc(S(=O)(=O)Nc2cncc(C(=O)O)c2)[nH]1. The van der Waals surface area contributed by atoms with Crippen LogP contribution < -0.4 is 4.72 Å². The van der Waals surface area contributed by atoms with Gasteiger partial charge in [0.15, 0.2) is 5.03 Å². The second-order valence-corrected chi connectivity index (χ2v) is 5.57. The van der Waals surface area contributed by atoms with Gasteiger partial charge in [0.1, 0.15) is 5.82 Å². The number of nitrogens with one attached hydrogen (secondary N) is 2. The summed E-state index contributed by atoms with van der Waals surface area (Å²) >= 11 is 0. The number of carboxylic acid groups (broad SMARTS) is 1. The molecule has 0 bridgehead atoms. The summed E-state index contributed by atoms with van der Waals surface area (Å²) in [4.78, 5) is 21.0. The van der Waals surface area contributed by atoms with E-state index >= 15 is 0 Å². The molecule has 0 aliphatic rings. The molecule has 0 spiro atoms. The summed E-state index contributed by atoms with van der Waals surface area (Å²) in [7, 11) is -3.85. The third kappa shape index (κ3) is 2.94. The molecule has 20 heavy (non-hydrogen) atoms. The summed E-state index contributed by atoms with van der Waals surface area (Å²) in [6.07, 6.45) is 4.13. The van der Waals surface area contributed by atoms with E-state index in [2.05, 4.69) is 19.7 Å². The van der Waals surface area contributed by atoms with Crippen LogP contribution in [0.25, 0.3) is 0 Å². The van der Waals surface area contributed by atoms with Crippen LogP contribution >= 0.6 is 0 Å². The molecule has 0 aliphatic carbocycles. The molecule has 0 saturated carbocycles. The zero-order chi connectivity index (χ0) is 14.8. The van der Waals surface area contributed by atoms with Crippen LogP contribution in [0.4, 0.5) is 5.69 Å². The minimum absolute atomic E-state index is 0.0672. The van der Waals surface area contributed by atoms with Gasteiger partial charge in [-0.25, -0.2) is 9.78 Å². The number of sulfonamides is 1. The third-order valence-corrected chi connectivity index (χ3v) is 3.76. The first-order valence-electron chi connectivity index (χ1n) is 5.67. The van der Waals surface area contributed by atoms with Crippen molar-refractivity contribution in [3.63, 3.8) is 0 Å². The second kappa shape index (κ2) is 5.29. The van der Waals surface area contributed by atoms with Gasteiger partial charge >= 0.3 is 5.97 Å². The number of nitrogens with zero attached hydrogens (tertiary/aromatic N) is 2. The van der Waals surface area contributed by atoms with E-state index in [0.717, 1.165) is 6.20 Å². The number of hydrogen-bond donors (Lipinski definition) is 3. The minimum atomic E-state index is -3.85. The summed E-state index contributed by atoms with van der Waals surface area (Å²) in [5, 5.41) is 8.74. The maximum absolute atomic E-state index is 12.1. The highest BCUT2D eigenvalue weighted by molar-refractivity contribution is 7.92. The van der Waals surface area contributed by atoms with Gasteiger partial charge in [-0.3, -0.25) is 9.71 Å². The predicted octanol–water partition coefficient (Wildman–Crippen LogP) is 0.866. The molecule has 0 aliphatic heterocycles. The molecule has 2 heterocycles. The summed E-state index contributed by atoms with van der Waals surface area (Å²) in [5.41, 5.74) is -0.0402. The first-order chi connectivity index (χ1) is 9.42. The number of rotatable bonds is 5. The Morgan fingerprint density at radius 2 is 2.15 bits per heavy atom. The molecule has 9 heteroatoms. The van der Waals surface area contributed by atoms with Gasteiger partial charge in [0.2, 0.25) is 0 Å². The molecule has 2 rings (SSSR count). The molecule has 2 aromatic heterocycles. The molecule has 0 fully saturated rings. The predicted molar refractivity (Wildman–Crippen MR) is 70.0 cm³/mol. The second-order valence-electron chi connectivity index (χ2n) is 3.92. The number of carboxylic acids is 1. The highest BCUT2D eigenvalue weighted by atomic mass is 32.2. The first kappa shape index (κ1) is 14.0. The van der Waals surface area contributed by atoms with Crippen LogP contribution in [0, 0.1) is 0 Å². The lowest BCUT2D eigenvalue weighted by Gasteiger charge is -2.06. The van der Waals surface area contributed by atoms with Crippen molar-refractivity contribution in [2.24, 2.45) is 0 Å². The fraction of sp³-hybridized carbons (Fsp3) is 0.182. The lowest BCUT2D eigenvalue weighted by molar-refractivity contribution is 0.0696. The van der Waals surface area contributed by atoms with E-state index in [9.17, 15) is 13.2 Å². The van der Waals surface area contributed by atoms with Crippen molar-refractivity contribution in [1.29, 1.82) is 0 Å². The number of aryl methyl sites for hydroxylation is 1. The van der Waals surface area contributed by atoms with Gasteiger partial charge in [-0.1, -0.05) is 6.92 Å². The number of carbonyl (C=O) groups is 1. The number of aromatic amines is 1. The maximum Gasteiger partial charge on any atom is 0.337 e. The van der Waals surface area contributed by atoms with Crippen LogP contribution in [0.15, 0.2) is 29.7 Å². The summed E-state index contributed by atoms with van der Waals surface area (Å²) < 4.78 is 26.4. The fourth-order valence-electron chi connectivity index (χ4n) is 1.48. The smallest absolute Gasteiger partial charge is 0.337 e. The van der Waals surface area contributed by atoms with Crippen LogP contribution in [-0.4, -0.2) is 34.4 Å². The number of pyridine rings is 1. The highest BCUT2D eigenvalue weighted by Crippen LogP contribution is 2.15. The van der Waals surface area contributed by atoms with Crippen LogP contribution in [-0.2, 0) is 16.4 Å². The van der Waals surface area contributed by atoms with Crippen molar-refractivity contribution in [2.45, 2.75) is 18.4 Å². The van der Waals surface area contributed by atoms with Crippen LogP contribution in [0.2, 0.25) is 0 Å². The largest absolute Gasteiger partial charge is 0.478 e. The van der Waals surface area contributed by atoms with Crippen molar-refractivity contribution < 1.29 is 18.3 Å². The Kier molecular flexibility index (Phi) is 3.70. The fourth-order valence-corrected chi connectivity index (χ4v) is 2.46. The van der Waals surface area contributed by atoms with Crippen LogP contribution in [0.3, 0.4) is 0 Å². The Morgan fingerprint density at radius 3 is 2.75 bits per heavy atom. The van der Waals surface area contributed by atoms with E-state index in [1.54, 1.807) is 0 Å². The van der Waals surface area contributed by atoms with Crippen LogP contribution in [0.5, 0.6) is 0 Å². The van der Waals surface area contributed by atoms with E-state index in [1.165, 1.54) is 18.5 Å². The van der Waals surface area contributed by atoms with Crippen molar-refractivity contribution in [1.82, 2.24) is 15.0 Å². The number of hydrogen-bond acceptors (Lipinski definition) is 5. The maximum atomic E-state index is 12.1. The molecule has 0 radical (unpaired) electrons. The molecular weight excluding hydrogens is 284 g/mol. The monoisotopic (exact) mass is 296 g/mol. The summed E-state index contributed by atoms with van der Waals surface area (Å²) in [5.74, 6) is -0.642. The van der Waals surface area contributed by atoms with E-state index in [0.29, 0.717) is 12.2 Å². The quantitative estimate of drug-likeness (QED) is 0.751. The van der Waals surface area contributed by atoms with Crippen molar-refractivity contribution in [3.8, 4) is 0 Å². The van der Waals surface area contributed by atoms with Gasteiger partial charge < -0.3 is 10.1 Å². The Labute approximate surface area is 114 Å². The molecule has 0 saturated heterocycles. The number of aromatic nitrogens is 3. The Balaban J connectivity index is 2.28. The number of anilines is 1. The molecule has 0 amide bonds. The van der Waals surface area contributed by atoms with Crippen molar-refractivity contribution in [2.75, 3.05) is 4.72 Å². The van der Waals surface area contributed by atoms with Crippen molar-refractivity contribution in [3.05, 3.63) is 36.0 Å². The van der Waals surface area contributed by atoms with E-state index in [-0.39, 0.29) is 16.3 Å². The van der Waals surface area contributed by atoms with Gasteiger partial charge in [-0.05, 0) is 6.07 Å². The lowest BCUT2D eigenvalue weighted by Crippen LogP contribution is -2.14. The summed E-state index contributed by atoms with van der Waals surface area (Å²) in [6.45, 7) is 1.84. The van der Waals surface area contributed by atoms with E-state index < -0.39 is 16.0 Å². The van der Waals surface area contributed by atoms with E-state index in [4.69, 9.17) is 5.11 Å². The van der Waals surface area contributed by atoms with Gasteiger partial charge in [-0.15, -0.1) is 0 Å². The third-order valence-electron chi connectivity index (χ3n) is 2.47. The van der Waals surface area contributed by atoms with Crippen LogP contribution in [0.1, 0.15) is 23.1 Å². The standard InChI is InChI=1S/C11H12N4O4S/c1-2-9-13-6-10(14-9)20(18,19)15-8-3-7(11(16)17)4-12-5-8/h3-6,15H,2H2,1H3,(H,13,14)(H,16,17). The topological polar surface area (TPSA) is 125 Å². The average Bonchev–Trinajstić information content (AvgIpc) is 2.88. The molecule has 3 N–H and O–H groups in total. The Morgan fingerprint density at radius 1 is 1.40 bits per heavy atom. The Hall–Kier alpha value is -2.42. The summed E-state index contributed by atoms with van der Waals surface area (Å²) in [6, 6.07) is 1.18. The Bertz CT molecular complexity index is 738. The van der Waals surface area contributed by atoms with Gasteiger partial charge in [0.05, 0.1) is 23.6 Å². The number of aromatic carboxylic acids is 1. The molecule has 0 atom stereocenters. The zero-order valence-electron chi connectivity index (χ0n) is 10.5. The molecule has 8 nitrogen and oxygen atoms in total. The van der Waals surface area contributed by atoms with E-state index in [1.807, 2.05) is 6.92 Å². The molecule has 0 aromatic carbocycles.